The molecule has 2 rings (SSSR count). The molecule has 3 N–H and O–H groups in total. The fraction of sp³-hybridized carbons (Fsp3) is 0.909. The standard InChI is InChI=1S/C11H20N2O2/c14-10(9-4-1-2-7-12-9)13-8-11(15)5-3-6-11/h9,12,15H,1-8H2,(H,13,14)/t9-/m0/s1. The van der Waals surface area contributed by atoms with Gasteiger partial charge in [0, 0.05) is 6.54 Å². The number of piperidine rings is 1. The summed E-state index contributed by atoms with van der Waals surface area (Å²) in [5.74, 6) is 0.0509. The molecule has 0 bridgehead atoms. The summed E-state index contributed by atoms with van der Waals surface area (Å²) < 4.78 is 0. The predicted octanol–water partition coefficient (Wildman–Crippen LogP) is 0.160. The Kier molecular flexibility index (Phi) is 3.26. The molecule has 1 atom stereocenters. The molecule has 15 heavy (non-hydrogen) atoms. The van der Waals surface area contributed by atoms with Crippen molar-refractivity contribution in [2.24, 2.45) is 0 Å². The maximum absolute atomic E-state index is 11.7. The largest absolute Gasteiger partial charge is 0.388 e. The zero-order chi connectivity index (χ0) is 10.7. The minimum atomic E-state index is -0.607. The third-order valence-electron chi connectivity index (χ3n) is 3.50. The van der Waals surface area contributed by atoms with Crippen LogP contribution in [0.4, 0.5) is 0 Å². The monoisotopic (exact) mass is 212 g/mol. The van der Waals surface area contributed by atoms with Crippen LogP contribution in [-0.4, -0.2) is 35.7 Å². The molecule has 2 fully saturated rings. The Bertz CT molecular complexity index is 233. The van der Waals surface area contributed by atoms with Crippen LogP contribution in [0.5, 0.6) is 0 Å². The predicted molar refractivity (Wildman–Crippen MR) is 57.5 cm³/mol. The number of carbonyl (C=O) groups is 1. The second-order valence-corrected chi connectivity index (χ2v) is 4.80. The minimum Gasteiger partial charge on any atom is -0.388 e. The van der Waals surface area contributed by atoms with Crippen molar-refractivity contribution >= 4 is 5.91 Å². The van der Waals surface area contributed by atoms with Crippen molar-refractivity contribution in [1.29, 1.82) is 0 Å². The van der Waals surface area contributed by atoms with Crippen molar-refractivity contribution in [3.05, 3.63) is 0 Å². The molecule has 0 unspecified atom stereocenters. The highest BCUT2D eigenvalue weighted by molar-refractivity contribution is 5.81. The molecule has 0 aromatic carbocycles. The Balaban J connectivity index is 1.71. The molecule has 4 heteroatoms. The molecule has 4 nitrogen and oxygen atoms in total. The van der Waals surface area contributed by atoms with Crippen LogP contribution in [0.3, 0.4) is 0 Å². The number of carbonyl (C=O) groups excluding carboxylic acids is 1. The van der Waals surface area contributed by atoms with Gasteiger partial charge in [-0.3, -0.25) is 4.79 Å². The van der Waals surface area contributed by atoms with Crippen LogP contribution in [0.2, 0.25) is 0 Å². The summed E-state index contributed by atoms with van der Waals surface area (Å²) in [6.07, 6.45) is 5.93. The van der Waals surface area contributed by atoms with E-state index in [1.165, 1.54) is 0 Å². The molecule has 1 aliphatic carbocycles. The van der Waals surface area contributed by atoms with Gasteiger partial charge in [-0.15, -0.1) is 0 Å². The summed E-state index contributed by atoms with van der Waals surface area (Å²) in [6.45, 7) is 1.35. The summed E-state index contributed by atoms with van der Waals surface area (Å²) in [7, 11) is 0. The first-order valence-corrected chi connectivity index (χ1v) is 5.93. The SMILES string of the molecule is O=C(NCC1(O)CCC1)[C@@H]1CCCCN1. The highest BCUT2D eigenvalue weighted by Crippen LogP contribution is 2.30. The molecule has 0 spiro atoms. The summed E-state index contributed by atoms with van der Waals surface area (Å²) in [6, 6.07) is -0.0394. The number of amides is 1. The van der Waals surface area contributed by atoms with Gasteiger partial charge in [0.15, 0.2) is 0 Å². The van der Waals surface area contributed by atoms with E-state index in [2.05, 4.69) is 10.6 Å². The van der Waals surface area contributed by atoms with Gasteiger partial charge >= 0.3 is 0 Å². The van der Waals surface area contributed by atoms with Crippen LogP contribution in [0.15, 0.2) is 0 Å². The number of hydrogen-bond donors (Lipinski definition) is 3. The Morgan fingerprint density at radius 1 is 1.40 bits per heavy atom. The van der Waals surface area contributed by atoms with Gasteiger partial charge in [0.05, 0.1) is 11.6 Å². The maximum atomic E-state index is 11.7. The molecule has 1 saturated carbocycles. The van der Waals surface area contributed by atoms with E-state index in [0.717, 1.165) is 45.1 Å². The van der Waals surface area contributed by atoms with Gasteiger partial charge in [-0.1, -0.05) is 6.42 Å². The van der Waals surface area contributed by atoms with Crippen molar-refractivity contribution in [3.8, 4) is 0 Å². The van der Waals surface area contributed by atoms with E-state index in [1.807, 2.05) is 0 Å². The van der Waals surface area contributed by atoms with E-state index < -0.39 is 5.60 Å². The van der Waals surface area contributed by atoms with Crippen LogP contribution in [0.25, 0.3) is 0 Å². The first kappa shape index (κ1) is 10.9. The second kappa shape index (κ2) is 4.49. The smallest absolute Gasteiger partial charge is 0.237 e. The van der Waals surface area contributed by atoms with Gasteiger partial charge in [0.1, 0.15) is 0 Å². The molecular weight excluding hydrogens is 192 g/mol. The van der Waals surface area contributed by atoms with Crippen LogP contribution in [-0.2, 0) is 4.79 Å². The van der Waals surface area contributed by atoms with Crippen LogP contribution in [0.1, 0.15) is 38.5 Å². The summed E-state index contributed by atoms with van der Waals surface area (Å²) in [5.41, 5.74) is -0.607. The lowest BCUT2D eigenvalue weighted by molar-refractivity contribution is -0.126. The first-order valence-electron chi connectivity index (χ1n) is 5.93. The Labute approximate surface area is 90.4 Å². The average molecular weight is 212 g/mol. The quantitative estimate of drug-likeness (QED) is 0.624. The molecule has 0 radical (unpaired) electrons. The van der Waals surface area contributed by atoms with E-state index in [0.29, 0.717) is 6.54 Å². The Morgan fingerprint density at radius 3 is 2.73 bits per heavy atom. The van der Waals surface area contributed by atoms with Gasteiger partial charge in [-0.2, -0.15) is 0 Å². The molecule has 1 heterocycles. The molecule has 1 aliphatic heterocycles. The Morgan fingerprint density at radius 2 is 2.20 bits per heavy atom. The van der Waals surface area contributed by atoms with Gasteiger partial charge in [0.25, 0.3) is 0 Å². The lowest BCUT2D eigenvalue weighted by Crippen LogP contribution is -2.53. The third-order valence-corrected chi connectivity index (χ3v) is 3.50. The van der Waals surface area contributed by atoms with E-state index in [1.54, 1.807) is 0 Å². The highest BCUT2D eigenvalue weighted by atomic mass is 16.3. The van der Waals surface area contributed by atoms with Crippen LogP contribution in [0, 0.1) is 0 Å². The van der Waals surface area contributed by atoms with Crippen molar-refractivity contribution < 1.29 is 9.90 Å². The number of rotatable bonds is 3. The topological polar surface area (TPSA) is 61.4 Å². The van der Waals surface area contributed by atoms with Gasteiger partial charge in [0.2, 0.25) is 5.91 Å². The zero-order valence-electron chi connectivity index (χ0n) is 9.09. The average Bonchev–Trinajstić information content (AvgIpc) is 2.24. The molecule has 1 saturated heterocycles. The Hall–Kier alpha value is -0.610. The third kappa shape index (κ3) is 2.69. The van der Waals surface area contributed by atoms with Gasteiger partial charge < -0.3 is 15.7 Å². The minimum absolute atomic E-state index is 0.0394. The van der Waals surface area contributed by atoms with E-state index in [9.17, 15) is 9.90 Å². The van der Waals surface area contributed by atoms with Crippen LogP contribution < -0.4 is 10.6 Å². The van der Waals surface area contributed by atoms with Crippen molar-refractivity contribution in [1.82, 2.24) is 10.6 Å². The van der Waals surface area contributed by atoms with Crippen molar-refractivity contribution in [2.75, 3.05) is 13.1 Å². The fourth-order valence-electron chi connectivity index (χ4n) is 2.21. The van der Waals surface area contributed by atoms with E-state index in [-0.39, 0.29) is 11.9 Å². The van der Waals surface area contributed by atoms with E-state index >= 15 is 0 Å². The lowest BCUT2D eigenvalue weighted by Gasteiger charge is -2.37. The highest BCUT2D eigenvalue weighted by Gasteiger charge is 2.35. The summed E-state index contributed by atoms with van der Waals surface area (Å²) in [5, 5.41) is 15.9. The number of nitrogens with one attached hydrogen (secondary N) is 2. The number of hydrogen-bond acceptors (Lipinski definition) is 3. The molecule has 2 aliphatic rings. The van der Waals surface area contributed by atoms with Gasteiger partial charge in [-0.25, -0.2) is 0 Å². The first-order chi connectivity index (χ1) is 7.20. The normalized spacial score (nSPS) is 29.3. The molecule has 86 valence electrons. The summed E-state index contributed by atoms with van der Waals surface area (Å²) in [4.78, 5) is 11.7. The lowest BCUT2D eigenvalue weighted by atomic mass is 9.80. The van der Waals surface area contributed by atoms with Gasteiger partial charge in [-0.05, 0) is 38.6 Å². The summed E-state index contributed by atoms with van der Waals surface area (Å²) >= 11 is 0. The van der Waals surface area contributed by atoms with Crippen molar-refractivity contribution in [2.45, 2.75) is 50.2 Å². The zero-order valence-corrected chi connectivity index (χ0v) is 9.09. The maximum Gasteiger partial charge on any atom is 0.237 e. The molecule has 0 aromatic rings. The molecule has 1 amide bonds. The van der Waals surface area contributed by atoms with Crippen molar-refractivity contribution in [3.63, 3.8) is 0 Å². The fourth-order valence-corrected chi connectivity index (χ4v) is 2.21. The molecule has 0 aromatic heterocycles. The second-order valence-electron chi connectivity index (χ2n) is 4.80. The van der Waals surface area contributed by atoms with E-state index in [4.69, 9.17) is 0 Å². The van der Waals surface area contributed by atoms with Crippen LogP contribution >= 0.6 is 0 Å². The number of aliphatic hydroxyl groups is 1. The molecular formula is C11H20N2O2.